The van der Waals surface area contributed by atoms with Gasteiger partial charge in [-0.25, -0.2) is 0 Å². The maximum atomic E-state index is 12.5. The van der Waals surface area contributed by atoms with Gasteiger partial charge in [-0.2, -0.15) is 8.78 Å². The van der Waals surface area contributed by atoms with E-state index in [2.05, 4.69) is 10.1 Å². The number of aliphatic hydroxyl groups is 1. The molecule has 1 aromatic heterocycles. The van der Waals surface area contributed by atoms with Crippen molar-refractivity contribution in [2.45, 2.75) is 38.1 Å². The minimum Gasteiger partial charge on any atom is -0.467 e. The van der Waals surface area contributed by atoms with Gasteiger partial charge in [0, 0.05) is 6.54 Å². The van der Waals surface area contributed by atoms with E-state index in [0.29, 0.717) is 24.4 Å². The summed E-state index contributed by atoms with van der Waals surface area (Å²) in [6.07, 6.45) is 2.31. The number of β-amino-alcohol motifs (C(OH)–C–C–N with tert-alkyl or cyclic N) is 1. The lowest BCUT2D eigenvalue weighted by atomic mass is 10.1. The lowest BCUT2D eigenvalue weighted by Gasteiger charge is -2.26. The molecule has 146 valence electrons. The van der Waals surface area contributed by atoms with Gasteiger partial charge in [0.2, 0.25) is 5.91 Å². The van der Waals surface area contributed by atoms with Crippen LogP contribution in [0, 0.1) is 0 Å². The van der Waals surface area contributed by atoms with Gasteiger partial charge in [0.1, 0.15) is 11.5 Å². The number of carbonyl (C=O) groups is 1. The summed E-state index contributed by atoms with van der Waals surface area (Å²) in [5.41, 5.74) is 0.582. The normalized spacial score (nSPS) is 18.6. The van der Waals surface area contributed by atoms with E-state index >= 15 is 0 Å². The van der Waals surface area contributed by atoms with Crippen molar-refractivity contribution in [3.05, 3.63) is 54.0 Å². The number of nitrogens with one attached hydrogen (secondary N) is 1. The Morgan fingerprint density at radius 3 is 2.78 bits per heavy atom. The molecule has 1 aliphatic rings. The molecule has 1 aromatic carbocycles. The topological polar surface area (TPSA) is 74.9 Å². The fraction of sp³-hybridized carbons (Fsp3) is 0.421. The predicted octanol–water partition coefficient (Wildman–Crippen LogP) is 2.70. The van der Waals surface area contributed by atoms with E-state index in [9.17, 15) is 18.7 Å². The summed E-state index contributed by atoms with van der Waals surface area (Å²) in [5.74, 6) is 0.619. The lowest BCUT2D eigenvalue weighted by molar-refractivity contribution is -0.126. The highest BCUT2D eigenvalue weighted by Gasteiger charge is 2.32. The largest absolute Gasteiger partial charge is 0.467 e. The van der Waals surface area contributed by atoms with Gasteiger partial charge >= 0.3 is 6.61 Å². The van der Waals surface area contributed by atoms with E-state index in [1.54, 1.807) is 30.5 Å². The highest BCUT2D eigenvalue weighted by Crippen LogP contribution is 2.24. The first kappa shape index (κ1) is 19.3. The maximum absolute atomic E-state index is 12.5. The molecule has 1 fully saturated rings. The minimum absolute atomic E-state index is 0.0392. The van der Waals surface area contributed by atoms with E-state index in [-0.39, 0.29) is 24.2 Å². The molecule has 0 aliphatic carbocycles. The summed E-state index contributed by atoms with van der Waals surface area (Å²) >= 11 is 0. The molecule has 6 nitrogen and oxygen atoms in total. The Bertz CT molecular complexity index is 722. The van der Waals surface area contributed by atoms with Crippen molar-refractivity contribution in [3.8, 4) is 5.75 Å². The van der Waals surface area contributed by atoms with Crippen LogP contribution in [0.25, 0.3) is 0 Å². The smallest absolute Gasteiger partial charge is 0.387 e. The first-order valence-corrected chi connectivity index (χ1v) is 8.80. The number of aliphatic hydroxyl groups excluding tert-OH is 1. The second-order valence-electron chi connectivity index (χ2n) is 6.41. The summed E-state index contributed by atoms with van der Waals surface area (Å²) in [7, 11) is 0. The zero-order valence-corrected chi connectivity index (χ0v) is 14.7. The van der Waals surface area contributed by atoms with Crippen molar-refractivity contribution in [1.82, 2.24) is 10.2 Å². The van der Waals surface area contributed by atoms with Gasteiger partial charge in [-0.3, -0.25) is 9.69 Å². The zero-order chi connectivity index (χ0) is 19.2. The quantitative estimate of drug-likeness (QED) is 0.737. The van der Waals surface area contributed by atoms with Crippen LogP contribution in [-0.4, -0.2) is 41.7 Å². The van der Waals surface area contributed by atoms with Gasteiger partial charge < -0.3 is 19.6 Å². The van der Waals surface area contributed by atoms with E-state index in [4.69, 9.17) is 4.42 Å². The van der Waals surface area contributed by atoms with Crippen LogP contribution < -0.4 is 10.1 Å². The van der Waals surface area contributed by atoms with E-state index in [0.717, 1.165) is 12.8 Å². The number of likely N-dealkylation sites (tertiary alicyclic amines) is 1. The molecular weight excluding hydrogens is 358 g/mol. The number of amides is 1. The number of carbonyl (C=O) groups excluding carboxylic acids is 1. The summed E-state index contributed by atoms with van der Waals surface area (Å²) < 4.78 is 33.9. The van der Waals surface area contributed by atoms with E-state index < -0.39 is 12.7 Å². The van der Waals surface area contributed by atoms with Crippen LogP contribution in [0.1, 0.15) is 30.3 Å². The first-order chi connectivity index (χ1) is 13.0. The first-order valence-electron chi connectivity index (χ1n) is 8.80. The molecule has 2 heterocycles. The molecule has 0 bridgehead atoms. The number of benzene rings is 1. The number of hydrogen-bond acceptors (Lipinski definition) is 5. The standard InChI is InChI=1S/C19H22F2N2O4/c20-19(21)27-14-7-5-13(6-8-14)17(24)12-23-9-1-4-16(23)18(25)22-11-15-3-2-10-26-15/h2-3,5-8,10,16-17,19,24H,1,4,9,11-12H2,(H,22,25). The Balaban J connectivity index is 1.54. The molecule has 0 spiro atoms. The molecular formula is C19H22F2N2O4. The molecule has 2 N–H and O–H groups in total. The molecule has 1 amide bonds. The summed E-state index contributed by atoms with van der Waals surface area (Å²) in [6.45, 7) is -1.56. The monoisotopic (exact) mass is 380 g/mol. The minimum atomic E-state index is -2.88. The molecule has 0 saturated carbocycles. The predicted molar refractivity (Wildman–Crippen MR) is 93.2 cm³/mol. The van der Waals surface area contributed by atoms with Crippen LogP contribution in [0.5, 0.6) is 5.75 Å². The Morgan fingerprint density at radius 2 is 2.11 bits per heavy atom. The van der Waals surface area contributed by atoms with Crippen molar-refractivity contribution < 1.29 is 27.8 Å². The molecule has 2 unspecified atom stereocenters. The van der Waals surface area contributed by atoms with Crippen LogP contribution in [-0.2, 0) is 11.3 Å². The van der Waals surface area contributed by atoms with Gasteiger partial charge in [-0.05, 0) is 49.2 Å². The highest BCUT2D eigenvalue weighted by molar-refractivity contribution is 5.81. The molecule has 1 aliphatic heterocycles. The second-order valence-corrected chi connectivity index (χ2v) is 6.41. The summed E-state index contributed by atoms with van der Waals surface area (Å²) in [4.78, 5) is 14.4. The summed E-state index contributed by atoms with van der Waals surface area (Å²) in [5, 5.41) is 13.3. The molecule has 8 heteroatoms. The van der Waals surface area contributed by atoms with Gasteiger partial charge in [-0.1, -0.05) is 12.1 Å². The lowest BCUT2D eigenvalue weighted by Crippen LogP contribution is -2.44. The van der Waals surface area contributed by atoms with E-state index in [1.807, 2.05) is 4.90 Å². The Hall–Kier alpha value is -2.45. The van der Waals surface area contributed by atoms with Gasteiger partial charge in [0.25, 0.3) is 0 Å². The SMILES string of the molecule is O=C(NCc1ccco1)C1CCCN1CC(O)c1ccc(OC(F)F)cc1. The van der Waals surface area contributed by atoms with Crippen LogP contribution in [0.3, 0.4) is 0 Å². The van der Waals surface area contributed by atoms with E-state index in [1.165, 1.54) is 12.1 Å². The van der Waals surface area contributed by atoms with Crippen molar-refractivity contribution in [2.24, 2.45) is 0 Å². The van der Waals surface area contributed by atoms with Crippen LogP contribution in [0.2, 0.25) is 0 Å². The fourth-order valence-corrected chi connectivity index (χ4v) is 3.25. The number of ether oxygens (including phenoxy) is 1. The number of furan rings is 1. The number of halogens is 2. The zero-order valence-electron chi connectivity index (χ0n) is 14.7. The van der Waals surface area contributed by atoms with Crippen molar-refractivity contribution in [3.63, 3.8) is 0 Å². The average Bonchev–Trinajstić information content (AvgIpc) is 3.31. The van der Waals surface area contributed by atoms with Crippen LogP contribution in [0.15, 0.2) is 47.1 Å². The highest BCUT2D eigenvalue weighted by atomic mass is 19.3. The molecule has 0 radical (unpaired) electrons. The summed E-state index contributed by atoms with van der Waals surface area (Å²) in [6, 6.07) is 9.12. The fourth-order valence-electron chi connectivity index (χ4n) is 3.25. The number of nitrogens with zero attached hydrogens (tertiary/aromatic N) is 1. The van der Waals surface area contributed by atoms with Crippen LogP contribution in [0.4, 0.5) is 8.78 Å². The maximum Gasteiger partial charge on any atom is 0.387 e. The van der Waals surface area contributed by atoms with Gasteiger partial charge in [0.05, 0.1) is 25.0 Å². The van der Waals surface area contributed by atoms with Crippen LogP contribution >= 0.6 is 0 Å². The second kappa shape index (κ2) is 8.96. The van der Waals surface area contributed by atoms with Gasteiger partial charge in [-0.15, -0.1) is 0 Å². The average molecular weight is 380 g/mol. The third-order valence-corrected chi connectivity index (χ3v) is 4.58. The molecule has 3 rings (SSSR count). The Kier molecular flexibility index (Phi) is 6.41. The molecule has 1 saturated heterocycles. The number of alkyl halides is 2. The third kappa shape index (κ3) is 5.27. The Labute approximate surface area is 155 Å². The van der Waals surface area contributed by atoms with Crippen molar-refractivity contribution in [1.29, 1.82) is 0 Å². The van der Waals surface area contributed by atoms with Crippen molar-refractivity contribution >= 4 is 5.91 Å². The number of hydrogen-bond donors (Lipinski definition) is 2. The number of rotatable bonds is 8. The Morgan fingerprint density at radius 1 is 1.33 bits per heavy atom. The van der Waals surface area contributed by atoms with Gasteiger partial charge in [0.15, 0.2) is 0 Å². The molecule has 2 atom stereocenters. The third-order valence-electron chi connectivity index (χ3n) is 4.58. The molecule has 2 aromatic rings. The van der Waals surface area contributed by atoms with Crippen molar-refractivity contribution in [2.75, 3.05) is 13.1 Å². The molecule has 27 heavy (non-hydrogen) atoms.